The summed E-state index contributed by atoms with van der Waals surface area (Å²) in [7, 11) is 0. The molecule has 0 bridgehead atoms. The molecule has 0 aromatic heterocycles. The van der Waals surface area contributed by atoms with Crippen molar-refractivity contribution in [1.82, 2.24) is 0 Å². The van der Waals surface area contributed by atoms with Gasteiger partial charge in [-0.05, 0) is 32.0 Å². The predicted octanol–water partition coefficient (Wildman–Crippen LogP) is 2.16. The van der Waals surface area contributed by atoms with Crippen LogP contribution in [0.15, 0.2) is 29.8 Å². The normalized spacial score (nSPS) is 10.6. The number of carboxylic acid groups (broad SMARTS) is 1. The highest BCUT2D eigenvalue weighted by atomic mass is 16.4. The van der Waals surface area contributed by atoms with Crippen molar-refractivity contribution in [2.24, 2.45) is 0 Å². The molecule has 0 radical (unpaired) electrons. The highest BCUT2D eigenvalue weighted by Crippen LogP contribution is 2.18. The fraction of sp³-hybridized carbons (Fsp3) is 0.154. The van der Waals surface area contributed by atoms with E-state index in [9.17, 15) is 9.59 Å². The fourth-order valence-corrected chi connectivity index (χ4v) is 1.25. The number of nitriles is 1. The molecule has 0 aliphatic rings. The van der Waals surface area contributed by atoms with Crippen molar-refractivity contribution in [3.63, 3.8) is 0 Å². The van der Waals surface area contributed by atoms with Crippen LogP contribution in [0.4, 0.5) is 5.69 Å². The van der Waals surface area contributed by atoms with Gasteiger partial charge in [0.25, 0.3) is 5.91 Å². The van der Waals surface area contributed by atoms with Crippen LogP contribution < -0.4 is 5.32 Å². The van der Waals surface area contributed by atoms with Gasteiger partial charge in [0.1, 0.15) is 0 Å². The number of nitrogens with zero attached hydrogens (tertiary/aromatic N) is 1. The lowest BCUT2D eigenvalue weighted by Gasteiger charge is -2.08. The maximum absolute atomic E-state index is 11.6. The molecular formula is C13H12N2O3. The highest BCUT2D eigenvalue weighted by molar-refractivity contribution is 6.07. The van der Waals surface area contributed by atoms with Crippen molar-refractivity contribution in [2.45, 2.75) is 13.8 Å². The van der Waals surface area contributed by atoms with E-state index in [1.807, 2.05) is 6.07 Å². The second-order valence-corrected chi connectivity index (χ2v) is 3.60. The first kappa shape index (κ1) is 13.5. The number of benzene rings is 1. The van der Waals surface area contributed by atoms with Crippen molar-refractivity contribution in [3.05, 3.63) is 41.0 Å². The van der Waals surface area contributed by atoms with Gasteiger partial charge in [-0.1, -0.05) is 6.08 Å². The van der Waals surface area contributed by atoms with Crippen LogP contribution >= 0.6 is 0 Å². The molecule has 18 heavy (non-hydrogen) atoms. The second-order valence-electron chi connectivity index (χ2n) is 3.60. The first-order valence-electron chi connectivity index (χ1n) is 5.21. The highest BCUT2D eigenvalue weighted by Gasteiger charge is 2.13. The third-order valence-electron chi connectivity index (χ3n) is 2.42. The van der Waals surface area contributed by atoms with E-state index in [-0.39, 0.29) is 22.7 Å². The van der Waals surface area contributed by atoms with Gasteiger partial charge in [-0.25, -0.2) is 4.79 Å². The van der Waals surface area contributed by atoms with Gasteiger partial charge in [-0.15, -0.1) is 0 Å². The van der Waals surface area contributed by atoms with Crippen LogP contribution in [0.3, 0.4) is 0 Å². The number of rotatable bonds is 3. The largest absolute Gasteiger partial charge is 0.478 e. The zero-order chi connectivity index (χ0) is 13.7. The summed E-state index contributed by atoms with van der Waals surface area (Å²) in [4.78, 5) is 22.7. The molecule has 0 fully saturated rings. The molecule has 0 aliphatic heterocycles. The number of aromatic carboxylic acids is 1. The van der Waals surface area contributed by atoms with Crippen molar-refractivity contribution in [1.29, 1.82) is 5.26 Å². The topological polar surface area (TPSA) is 90.2 Å². The van der Waals surface area contributed by atoms with E-state index in [0.717, 1.165) is 0 Å². The maximum Gasteiger partial charge on any atom is 0.337 e. The van der Waals surface area contributed by atoms with E-state index in [4.69, 9.17) is 10.4 Å². The minimum absolute atomic E-state index is 0.105. The summed E-state index contributed by atoms with van der Waals surface area (Å²) in [5.41, 5.74) is 0.780. The van der Waals surface area contributed by atoms with Gasteiger partial charge in [0, 0.05) is 5.57 Å². The Morgan fingerprint density at radius 1 is 1.44 bits per heavy atom. The molecule has 1 aromatic rings. The van der Waals surface area contributed by atoms with Crippen LogP contribution in [-0.2, 0) is 4.79 Å². The number of allylic oxidation sites excluding steroid dienone is 1. The monoisotopic (exact) mass is 244 g/mol. The summed E-state index contributed by atoms with van der Waals surface area (Å²) in [6.45, 7) is 3.34. The Hall–Kier alpha value is -2.61. The minimum Gasteiger partial charge on any atom is -0.478 e. The van der Waals surface area contributed by atoms with Crippen LogP contribution in [0, 0.1) is 11.3 Å². The van der Waals surface area contributed by atoms with Gasteiger partial charge in [-0.2, -0.15) is 5.26 Å². The lowest BCUT2D eigenvalue weighted by Crippen LogP contribution is -2.15. The first-order chi connectivity index (χ1) is 8.49. The Balaban J connectivity index is 3.14. The van der Waals surface area contributed by atoms with Crippen molar-refractivity contribution in [2.75, 3.05) is 5.32 Å². The SMILES string of the molecule is C/C=C(\C)C(=O)Nc1ccc(C#N)cc1C(=O)O. The molecule has 0 atom stereocenters. The van der Waals surface area contributed by atoms with Crippen molar-refractivity contribution >= 4 is 17.6 Å². The fourth-order valence-electron chi connectivity index (χ4n) is 1.25. The summed E-state index contributed by atoms with van der Waals surface area (Å²) in [5, 5.41) is 20.2. The summed E-state index contributed by atoms with van der Waals surface area (Å²) < 4.78 is 0. The molecule has 1 amide bonds. The van der Waals surface area contributed by atoms with Crippen LogP contribution in [0.2, 0.25) is 0 Å². The lowest BCUT2D eigenvalue weighted by molar-refractivity contribution is -0.112. The van der Waals surface area contributed by atoms with Gasteiger partial charge < -0.3 is 10.4 Å². The van der Waals surface area contributed by atoms with E-state index in [1.54, 1.807) is 19.9 Å². The Labute approximate surface area is 104 Å². The number of nitrogens with one attached hydrogen (secondary N) is 1. The molecule has 0 heterocycles. The number of hydrogen-bond acceptors (Lipinski definition) is 3. The van der Waals surface area contributed by atoms with E-state index in [2.05, 4.69) is 5.32 Å². The molecule has 1 rings (SSSR count). The molecule has 0 unspecified atom stereocenters. The van der Waals surface area contributed by atoms with Gasteiger partial charge in [-0.3, -0.25) is 4.79 Å². The zero-order valence-corrected chi connectivity index (χ0v) is 10.0. The maximum atomic E-state index is 11.6. The summed E-state index contributed by atoms with van der Waals surface area (Å²) in [6.07, 6.45) is 1.62. The molecule has 92 valence electrons. The van der Waals surface area contributed by atoms with Crippen LogP contribution in [0.5, 0.6) is 0 Å². The van der Waals surface area contributed by atoms with E-state index in [0.29, 0.717) is 5.57 Å². The third kappa shape index (κ3) is 2.95. The Bertz CT molecular complexity index is 568. The number of carbonyl (C=O) groups is 2. The summed E-state index contributed by atoms with van der Waals surface area (Å²) >= 11 is 0. The molecule has 0 spiro atoms. The number of carbonyl (C=O) groups excluding carboxylic acids is 1. The number of anilines is 1. The smallest absolute Gasteiger partial charge is 0.337 e. The Kier molecular flexibility index (Phi) is 4.22. The molecule has 2 N–H and O–H groups in total. The van der Waals surface area contributed by atoms with E-state index in [1.165, 1.54) is 18.2 Å². The quantitative estimate of drug-likeness (QED) is 0.797. The van der Waals surface area contributed by atoms with Crippen molar-refractivity contribution < 1.29 is 14.7 Å². The second kappa shape index (κ2) is 5.64. The number of hydrogen-bond donors (Lipinski definition) is 2. The molecule has 1 aromatic carbocycles. The summed E-state index contributed by atoms with van der Waals surface area (Å²) in [6, 6.07) is 5.93. The van der Waals surface area contributed by atoms with Crippen molar-refractivity contribution in [3.8, 4) is 6.07 Å². The molecule has 0 aliphatic carbocycles. The predicted molar refractivity (Wildman–Crippen MR) is 66.2 cm³/mol. The van der Waals surface area contributed by atoms with Crippen LogP contribution in [0.1, 0.15) is 29.8 Å². The molecule has 0 saturated carbocycles. The minimum atomic E-state index is -1.19. The average molecular weight is 244 g/mol. The number of amides is 1. The van der Waals surface area contributed by atoms with Crippen LogP contribution in [0.25, 0.3) is 0 Å². The first-order valence-corrected chi connectivity index (χ1v) is 5.21. The number of carboxylic acids is 1. The lowest BCUT2D eigenvalue weighted by atomic mass is 10.1. The van der Waals surface area contributed by atoms with E-state index < -0.39 is 5.97 Å². The average Bonchev–Trinajstić information content (AvgIpc) is 2.37. The van der Waals surface area contributed by atoms with Gasteiger partial charge >= 0.3 is 5.97 Å². The van der Waals surface area contributed by atoms with E-state index >= 15 is 0 Å². The Morgan fingerprint density at radius 2 is 2.11 bits per heavy atom. The van der Waals surface area contributed by atoms with Gasteiger partial charge in [0.05, 0.1) is 22.9 Å². The van der Waals surface area contributed by atoms with Crippen LogP contribution in [-0.4, -0.2) is 17.0 Å². The van der Waals surface area contributed by atoms with Gasteiger partial charge in [0.15, 0.2) is 0 Å². The zero-order valence-electron chi connectivity index (χ0n) is 10.0. The Morgan fingerprint density at radius 3 is 2.61 bits per heavy atom. The standard InChI is InChI=1S/C13H12N2O3/c1-3-8(2)12(16)15-11-5-4-9(7-14)6-10(11)13(17)18/h3-6H,1-2H3,(H,15,16)(H,17,18)/b8-3+. The molecular weight excluding hydrogens is 232 g/mol. The molecule has 5 heteroatoms. The molecule has 5 nitrogen and oxygen atoms in total. The third-order valence-corrected chi connectivity index (χ3v) is 2.42. The summed E-state index contributed by atoms with van der Waals surface area (Å²) in [5.74, 6) is -1.56. The molecule has 0 saturated heterocycles. The van der Waals surface area contributed by atoms with Gasteiger partial charge in [0.2, 0.25) is 0 Å².